The summed E-state index contributed by atoms with van der Waals surface area (Å²) >= 11 is 0. The van der Waals surface area contributed by atoms with Crippen LogP contribution in [0.5, 0.6) is 0 Å². The van der Waals surface area contributed by atoms with Crippen LogP contribution in [0.3, 0.4) is 0 Å². The fraction of sp³-hybridized carbons (Fsp3) is 0. The molecule has 262 valence electrons. The summed E-state index contributed by atoms with van der Waals surface area (Å²) in [7, 11) is 0. The van der Waals surface area contributed by atoms with Gasteiger partial charge in [-0.2, -0.15) is 0 Å². The van der Waals surface area contributed by atoms with Crippen molar-refractivity contribution in [2.75, 3.05) is 0 Å². The first-order valence-electron chi connectivity index (χ1n) is 18.7. The van der Waals surface area contributed by atoms with Crippen molar-refractivity contribution in [3.05, 3.63) is 188 Å². The second-order valence-corrected chi connectivity index (χ2v) is 13.9. The van der Waals surface area contributed by atoms with E-state index in [1.807, 2.05) is 72.8 Å². The Bertz CT molecular complexity index is 3120. The standard InChI is InChI=1S/C51H31N3O2/c1-3-15-32(16-4-1)35-19-7-8-20-36(35)34-29-30-37(33-17-5-2-6-18-33)44(31-34)51-53-49(42-25-13-23-40-38-21-9-11-27-45(38)55-47(40)42)52-50(54-51)43-26-14-24-41-39-22-10-12-28-46(39)56-48(41)43/h1-31H. The van der Waals surface area contributed by atoms with Crippen LogP contribution in [0.25, 0.3) is 111 Å². The first kappa shape index (κ1) is 31.9. The van der Waals surface area contributed by atoms with E-state index in [4.69, 9.17) is 23.8 Å². The lowest BCUT2D eigenvalue weighted by molar-refractivity contribution is 0.669. The molecule has 0 unspecified atom stereocenters. The average Bonchev–Trinajstić information content (AvgIpc) is 3.85. The van der Waals surface area contributed by atoms with E-state index < -0.39 is 0 Å². The Morgan fingerprint density at radius 3 is 1.20 bits per heavy atom. The molecule has 0 bridgehead atoms. The number of benzene rings is 8. The average molecular weight is 718 g/mol. The van der Waals surface area contributed by atoms with Gasteiger partial charge >= 0.3 is 0 Å². The number of fused-ring (bicyclic) bond motifs is 6. The van der Waals surface area contributed by atoms with Gasteiger partial charge in [0.2, 0.25) is 0 Å². The normalized spacial score (nSPS) is 11.6. The number of rotatable bonds is 6. The highest BCUT2D eigenvalue weighted by Gasteiger charge is 2.22. The largest absolute Gasteiger partial charge is 0.455 e. The van der Waals surface area contributed by atoms with Crippen molar-refractivity contribution in [2.45, 2.75) is 0 Å². The number of hydrogen-bond acceptors (Lipinski definition) is 5. The summed E-state index contributed by atoms with van der Waals surface area (Å²) in [5, 5.41) is 4.10. The lowest BCUT2D eigenvalue weighted by atomic mass is 9.90. The van der Waals surface area contributed by atoms with E-state index in [2.05, 4.69) is 115 Å². The SMILES string of the molecule is c1ccc(-c2ccccc2-c2ccc(-c3ccccc3)c(-c3nc(-c4cccc5c4oc4ccccc45)nc(-c4cccc5c4oc4ccccc45)n3)c2)cc1. The maximum Gasteiger partial charge on any atom is 0.167 e. The molecule has 5 nitrogen and oxygen atoms in total. The van der Waals surface area contributed by atoms with Gasteiger partial charge in [0.25, 0.3) is 0 Å². The molecule has 0 atom stereocenters. The molecule has 0 saturated heterocycles. The van der Waals surface area contributed by atoms with E-state index in [0.717, 1.165) is 93.9 Å². The van der Waals surface area contributed by atoms with Gasteiger partial charge in [-0.15, -0.1) is 0 Å². The zero-order chi connectivity index (χ0) is 37.0. The van der Waals surface area contributed by atoms with Crippen molar-refractivity contribution >= 4 is 43.9 Å². The van der Waals surface area contributed by atoms with Crippen LogP contribution in [-0.2, 0) is 0 Å². The summed E-state index contributed by atoms with van der Waals surface area (Å²) in [5.41, 5.74) is 12.1. The Hall–Kier alpha value is -7.63. The maximum atomic E-state index is 6.55. The van der Waals surface area contributed by atoms with E-state index in [1.54, 1.807) is 0 Å². The maximum absolute atomic E-state index is 6.55. The van der Waals surface area contributed by atoms with Crippen LogP contribution in [0.15, 0.2) is 197 Å². The predicted octanol–water partition coefficient (Wildman–Crippen LogP) is 13.7. The molecule has 0 aliphatic carbocycles. The van der Waals surface area contributed by atoms with Gasteiger partial charge in [-0.25, -0.2) is 15.0 Å². The lowest BCUT2D eigenvalue weighted by Crippen LogP contribution is -2.02. The molecule has 0 spiro atoms. The molecule has 0 N–H and O–H groups in total. The Balaban J connectivity index is 1.20. The molecular formula is C51H31N3O2. The number of furan rings is 2. The molecule has 0 aliphatic heterocycles. The van der Waals surface area contributed by atoms with Crippen molar-refractivity contribution < 1.29 is 8.83 Å². The van der Waals surface area contributed by atoms with Gasteiger partial charge in [-0.3, -0.25) is 0 Å². The minimum atomic E-state index is 0.511. The van der Waals surface area contributed by atoms with Gasteiger partial charge in [-0.05, 0) is 63.7 Å². The molecule has 11 aromatic rings. The predicted molar refractivity (Wildman–Crippen MR) is 227 cm³/mol. The van der Waals surface area contributed by atoms with Crippen LogP contribution in [0.1, 0.15) is 0 Å². The number of para-hydroxylation sites is 4. The minimum absolute atomic E-state index is 0.511. The van der Waals surface area contributed by atoms with Crippen LogP contribution >= 0.6 is 0 Å². The van der Waals surface area contributed by atoms with Crippen molar-refractivity contribution in [3.8, 4) is 67.5 Å². The number of aromatic nitrogens is 3. The van der Waals surface area contributed by atoms with Crippen LogP contribution < -0.4 is 0 Å². The smallest absolute Gasteiger partial charge is 0.167 e. The van der Waals surface area contributed by atoms with Crippen molar-refractivity contribution in [1.82, 2.24) is 15.0 Å². The lowest BCUT2D eigenvalue weighted by Gasteiger charge is -2.16. The van der Waals surface area contributed by atoms with Crippen LogP contribution in [0.4, 0.5) is 0 Å². The minimum Gasteiger partial charge on any atom is -0.455 e. The van der Waals surface area contributed by atoms with Gasteiger partial charge in [0.05, 0.1) is 11.1 Å². The van der Waals surface area contributed by atoms with Gasteiger partial charge < -0.3 is 8.83 Å². The molecule has 3 heterocycles. The third-order valence-electron chi connectivity index (χ3n) is 10.6. The van der Waals surface area contributed by atoms with Crippen molar-refractivity contribution in [3.63, 3.8) is 0 Å². The van der Waals surface area contributed by atoms with E-state index >= 15 is 0 Å². The van der Waals surface area contributed by atoms with Crippen LogP contribution in [0.2, 0.25) is 0 Å². The Morgan fingerprint density at radius 2 is 0.661 bits per heavy atom. The first-order valence-corrected chi connectivity index (χ1v) is 18.7. The molecule has 0 saturated carbocycles. The zero-order valence-electron chi connectivity index (χ0n) is 30.1. The quantitative estimate of drug-likeness (QED) is 0.171. The molecule has 8 aromatic carbocycles. The molecular weight excluding hydrogens is 687 g/mol. The van der Waals surface area contributed by atoms with E-state index in [1.165, 1.54) is 0 Å². The Morgan fingerprint density at radius 1 is 0.268 bits per heavy atom. The third kappa shape index (κ3) is 5.29. The van der Waals surface area contributed by atoms with Gasteiger partial charge in [0.1, 0.15) is 22.3 Å². The molecule has 5 heteroatoms. The van der Waals surface area contributed by atoms with Gasteiger partial charge in [0, 0.05) is 27.1 Å². The first-order chi connectivity index (χ1) is 27.8. The fourth-order valence-corrected chi connectivity index (χ4v) is 7.95. The number of nitrogens with zero attached hydrogens (tertiary/aromatic N) is 3. The Labute approximate surface area is 322 Å². The van der Waals surface area contributed by atoms with Crippen molar-refractivity contribution in [2.24, 2.45) is 0 Å². The second-order valence-electron chi connectivity index (χ2n) is 13.9. The summed E-state index contributed by atoms with van der Waals surface area (Å²) < 4.78 is 13.1. The van der Waals surface area contributed by atoms with Gasteiger partial charge in [-0.1, -0.05) is 158 Å². The molecule has 3 aromatic heterocycles. The summed E-state index contributed by atoms with van der Waals surface area (Å²) in [6.45, 7) is 0. The summed E-state index contributed by atoms with van der Waals surface area (Å²) in [6.07, 6.45) is 0. The van der Waals surface area contributed by atoms with Crippen molar-refractivity contribution in [1.29, 1.82) is 0 Å². The Kier molecular flexibility index (Phi) is 7.42. The van der Waals surface area contributed by atoms with Crippen LogP contribution in [-0.4, -0.2) is 15.0 Å². The van der Waals surface area contributed by atoms with E-state index in [9.17, 15) is 0 Å². The summed E-state index contributed by atoms with van der Waals surface area (Å²) in [4.78, 5) is 15.9. The number of hydrogen-bond donors (Lipinski definition) is 0. The zero-order valence-corrected chi connectivity index (χ0v) is 30.1. The van der Waals surface area contributed by atoms with Crippen LogP contribution in [0, 0.1) is 0 Å². The topological polar surface area (TPSA) is 65.0 Å². The highest BCUT2D eigenvalue weighted by Crippen LogP contribution is 2.41. The third-order valence-corrected chi connectivity index (χ3v) is 10.6. The fourth-order valence-electron chi connectivity index (χ4n) is 7.95. The monoisotopic (exact) mass is 717 g/mol. The molecule has 11 rings (SSSR count). The van der Waals surface area contributed by atoms with E-state index in [0.29, 0.717) is 17.5 Å². The molecule has 0 radical (unpaired) electrons. The van der Waals surface area contributed by atoms with E-state index in [-0.39, 0.29) is 0 Å². The molecule has 0 aliphatic rings. The molecule has 0 amide bonds. The summed E-state index contributed by atoms with van der Waals surface area (Å²) in [5.74, 6) is 1.57. The second kappa shape index (κ2) is 13.0. The molecule has 56 heavy (non-hydrogen) atoms. The highest BCUT2D eigenvalue weighted by molar-refractivity contribution is 6.10. The molecule has 0 fully saturated rings. The summed E-state index contributed by atoms with van der Waals surface area (Å²) in [6, 6.07) is 64.6. The highest BCUT2D eigenvalue weighted by atomic mass is 16.3. The van der Waals surface area contributed by atoms with Gasteiger partial charge in [0.15, 0.2) is 17.5 Å².